The highest BCUT2D eigenvalue weighted by molar-refractivity contribution is 5.94. The van der Waals surface area contributed by atoms with Gasteiger partial charge in [0.1, 0.15) is 5.69 Å². The van der Waals surface area contributed by atoms with Gasteiger partial charge in [-0.15, -0.1) is 0 Å². The molecule has 1 aliphatic carbocycles. The molecule has 2 amide bonds. The second-order valence-electron chi connectivity index (χ2n) is 9.15. The minimum atomic E-state index is -0.0367. The zero-order valence-electron chi connectivity index (χ0n) is 18.0. The zero-order valence-corrected chi connectivity index (χ0v) is 18.0. The van der Waals surface area contributed by atoms with Gasteiger partial charge < -0.3 is 19.4 Å². The highest BCUT2D eigenvalue weighted by Gasteiger charge is 2.38. The molecule has 2 aromatic rings. The van der Waals surface area contributed by atoms with E-state index in [2.05, 4.69) is 10.2 Å². The number of hydrogen-bond donors (Lipinski definition) is 1. The average Bonchev–Trinajstić information content (AvgIpc) is 3.40. The molecule has 4 heterocycles. The van der Waals surface area contributed by atoms with Crippen LogP contribution in [0.4, 0.5) is 0 Å². The molecule has 0 spiro atoms. The highest BCUT2D eigenvalue weighted by atomic mass is 16.5. The Balaban J connectivity index is 1.21. The maximum absolute atomic E-state index is 12.9. The number of nitrogens with zero attached hydrogens (tertiary/aromatic N) is 3. The van der Waals surface area contributed by atoms with Crippen molar-refractivity contribution in [2.45, 2.75) is 44.2 Å². The molecule has 0 bridgehead atoms. The summed E-state index contributed by atoms with van der Waals surface area (Å²) in [5, 5.41) is 3.17. The molecule has 31 heavy (non-hydrogen) atoms. The lowest BCUT2D eigenvalue weighted by atomic mass is 10.1. The lowest BCUT2D eigenvalue weighted by Crippen LogP contribution is -2.47. The van der Waals surface area contributed by atoms with Gasteiger partial charge in [-0.25, -0.2) is 0 Å². The number of aromatic nitrogens is 1. The molecule has 2 aliphatic heterocycles. The van der Waals surface area contributed by atoms with Gasteiger partial charge in [-0.3, -0.25) is 14.5 Å². The van der Waals surface area contributed by atoms with Gasteiger partial charge in [-0.05, 0) is 55.9 Å². The van der Waals surface area contributed by atoms with Crippen LogP contribution < -0.4 is 5.32 Å². The summed E-state index contributed by atoms with van der Waals surface area (Å²) in [6.45, 7) is 4.39. The van der Waals surface area contributed by atoms with E-state index in [-0.39, 0.29) is 17.9 Å². The van der Waals surface area contributed by atoms with E-state index in [0.717, 1.165) is 30.8 Å². The lowest BCUT2D eigenvalue weighted by molar-refractivity contribution is -0.136. The van der Waals surface area contributed by atoms with Crippen molar-refractivity contribution >= 4 is 17.3 Å². The van der Waals surface area contributed by atoms with Crippen molar-refractivity contribution in [3.8, 4) is 0 Å². The maximum atomic E-state index is 12.9. The number of carbonyl (C=O) groups is 2. The maximum Gasteiger partial charge on any atom is 0.268 e. The van der Waals surface area contributed by atoms with E-state index in [4.69, 9.17) is 4.74 Å². The van der Waals surface area contributed by atoms with Gasteiger partial charge in [0.2, 0.25) is 5.91 Å². The van der Waals surface area contributed by atoms with Gasteiger partial charge in [0, 0.05) is 56.4 Å². The number of ether oxygens (including phenoxy) is 1. The molecule has 3 aliphatic rings. The molecule has 5 rings (SSSR count). The predicted molar refractivity (Wildman–Crippen MR) is 118 cm³/mol. The molecular weight excluding hydrogens is 392 g/mol. The predicted octanol–water partition coefficient (Wildman–Crippen LogP) is 2.16. The van der Waals surface area contributed by atoms with Gasteiger partial charge >= 0.3 is 0 Å². The number of rotatable bonds is 7. The second kappa shape index (κ2) is 9.01. The first-order valence-electron chi connectivity index (χ1n) is 11.6. The molecule has 0 unspecified atom stereocenters. The van der Waals surface area contributed by atoms with E-state index in [1.807, 2.05) is 45.8 Å². The average molecular weight is 425 g/mol. The monoisotopic (exact) mass is 424 g/mol. The third kappa shape index (κ3) is 4.62. The Labute approximate surface area is 183 Å². The number of nitrogens with one attached hydrogen (secondary N) is 1. The largest absolute Gasteiger partial charge is 0.378 e. The molecule has 1 N–H and O–H groups in total. The summed E-state index contributed by atoms with van der Waals surface area (Å²) in [6.07, 6.45) is 7.14. The lowest BCUT2D eigenvalue weighted by Gasteiger charge is -2.33. The van der Waals surface area contributed by atoms with Crippen LogP contribution in [0.3, 0.4) is 0 Å². The number of fused-ring (bicyclic) bond motifs is 1. The van der Waals surface area contributed by atoms with E-state index in [1.165, 1.54) is 12.8 Å². The zero-order chi connectivity index (χ0) is 21.2. The topological polar surface area (TPSA) is 66.3 Å². The van der Waals surface area contributed by atoms with E-state index in [1.54, 1.807) is 0 Å². The van der Waals surface area contributed by atoms with Crippen LogP contribution in [0.5, 0.6) is 0 Å². The standard InChI is InChI=1S/C24H32N4O3/c29-23(26-11-13-31-14-12-26)15-20-6-7-21(28(20)17-18-4-5-18)16-25-24(30)22-9-8-19-3-1-2-10-27(19)22/h1-3,8-10,18,20-21H,4-7,11-17H2,(H,25,30)/t20-,21+/m1/s1. The molecule has 0 radical (unpaired) electrons. The summed E-state index contributed by atoms with van der Waals surface area (Å²) in [4.78, 5) is 30.2. The molecule has 7 nitrogen and oxygen atoms in total. The number of amides is 2. The smallest absolute Gasteiger partial charge is 0.268 e. The van der Waals surface area contributed by atoms with Crippen molar-refractivity contribution < 1.29 is 14.3 Å². The van der Waals surface area contributed by atoms with E-state index in [0.29, 0.717) is 51.0 Å². The van der Waals surface area contributed by atoms with Gasteiger partial charge in [0.05, 0.1) is 13.2 Å². The minimum Gasteiger partial charge on any atom is -0.378 e. The Bertz CT molecular complexity index is 932. The van der Waals surface area contributed by atoms with Gasteiger partial charge in [0.25, 0.3) is 5.91 Å². The first-order valence-corrected chi connectivity index (χ1v) is 11.6. The van der Waals surface area contributed by atoms with Crippen molar-refractivity contribution in [3.63, 3.8) is 0 Å². The van der Waals surface area contributed by atoms with Gasteiger partial charge in [-0.1, -0.05) is 6.07 Å². The molecule has 166 valence electrons. The molecular formula is C24H32N4O3. The highest BCUT2D eigenvalue weighted by Crippen LogP contribution is 2.35. The van der Waals surface area contributed by atoms with Crippen LogP contribution in [0.1, 0.15) is 42.6 Å². The van der Waals surface area contributed by atoms with E-state index in [9.17, 15) is 9.59 Å². The van der Waals surface area contributed by atoms with Crippen LogP contribution in [0.25, 0.3) is 5.52 Å². The number of carbonyl (C=O) groups excluding carboxylic acids is 2. The van der Waals surface area contributed by atoms with Crippen LogP contribution in [0.2, 0.25) is 0 Å². The molecule has 7 heteroatoms. The fraction of sp³-hybridized carbons (Fsp3) is 0.583. The third-order valence-electron chi connectivity index (χ3n) is 7.00. The molecule has 3 fully saturated rings. The molecule has 2 saturated heterocycles. The van der Waals surface area contributed by atoms with Crippen molar-refractivity contribution in [1.29, 1.82) is 0 Å². The second-order valence-corrected chi connectivity index (χ2v) is 9.15. The van der Waals surface area contributed by atoms with Crippen molar-refractivity contribution in [2.24, 2.45) is 5.92 Å². The fourth-order valence-corrected chi connectivity index (χ4v) is 5.04. The van der Waals surface area contributed by atoms with E-state index < -0.39 is 0 Å². The van der Waals surface area contributed by atoms with E-state index >= 15 is 0 Å². The Morgan fingerprint density at radius 2 is 1.81 bits per heavy atom. The Hall–Kier alpha value is -2.38. The minimum absolute atomic E-state index is 0.0367. The first-order chi connectivity index (χ1) is 15.2. The van der Waals surface area contributed by atoms with Crippen LogP contribution in [-0.4, -0.2) is 77.5 Å². The molecule has 2 atom stereocenters. The van der Waals surface area contributed by atoms with Gasteiger partial charge in [-0.2, -0.15) is 0 Å². The number of hydrogen-bond acceptors (Lipinski definition) is 4. The third-order valence-corrected chi connectivity index (χ3v) is 7.00. The Morgan fingerprint density at radius 3 is 2.61 bits per heavy atom. The van der Waals surface area contributed by atoms with Crippen molar-refractivity contribution in [2.75, 3.05) is 39.4 Å². The normalized spacial score (nSPS) is 24.6. The van der Waals surface area contributed by atoms with Crippen LogP contribution in [0, 0.1) is 5.92 Å². The summed E-state index contributed by atoms with van der Waals surface area (Å²) >= 11 is 0. The Morgan fingerprint density at radius 1 is 1.00 bits per heavy atom. The molecule has 0 aromatic carbocycles. The molecule has 1 saturated carbocycles. The van der Waals surface area contributed by atoms with Crippen LogP contribution >= 0.6 is 0 Å². The summed E-state index contributed by atoms with van der Waals surface area (Å²) in [5.41, 5.74) is 1.69. The molecule has 2 aromatic heterocycles. The summed E-state index contributed by atoms with van der Waals surface area (Å²) in [6, 6.07) is 10.4. The number of pyridine rings is 1. The first kappa shape index (κ1) is 20.5. The van der Waals surface area contributed by atoms with Crippen LogP contribution in [0.15, 0.2) is 36.5 Å². The summed E-state index contributed by atoms with van der Waals surface area (Å²) in [5.74, 6) is 0.968. The summed E-state index contributed by atoms with van der Waals surface area (Å²) in [7, 11) is 0. The van der Waals surface area contributed by atoms with Gasteiger partial charge in [0.15, 0.2) is 0 Å². The fourth-order valence-electron chi connectivity index (χ4n) is 5.04. The van der Waals surface area contributed by atoms with Crippen molar-refractivity contribution in [1.82, 2.24) is 19.5 Å². The summed E-state index contributed by atoms with van der Waals surface area (Å²) < 4.78 is 7.31. The quantitative estimate of drug-likeness (QED) is 0.740. The Kier molecular flexibility index (Phi) is 5.96. The number of morpholine rings is 1. The van der Waals surface area contributed by atoms with Crippen molar-refractivity contribution in [3.05, 3.63) is 42.2 Å². The number of likely N-dealkylation sites (tertiary alicyclic amines) is 1. The SMILES string of the molecule is O=C(NC[C@@H]1CC[C@H](CC(=O)N2CCOCC2)N1CC1CC1)c1ccc2ccccn12. The van der Waals surface area contributed by atoms with Crippen LogP contribution in [-0.2, 0) is 9.53 Å².